The standard InChI is InChI=1S/C21H24N4O3/c1-12(2)20-22-16(11-18(26)24-20)10-17(15-8-6-5-7-9-15)23-21(27)19-13(3)25-28-14(19)4/h5-9,11-12,17H,10H2,1-4H3,(H,23,27)(H,22,24,26)/t17-/m1/s1. The predicted octanol–water partition coefficient (Wildman–Crippen LogP) is 3.21. The second kappa shape index (κ2) is 8.21. The van der Waals surface area contributed by atoms with E-state index in [1.807, 2.05) is 44.2 Å². The van der Waals surface area contributed by atoms with Crippen molar-refractivity contribution in [2.45, 2.75) is 46.1 Å². The van der Waals surface area contributed by atoms with Crippen LogP contribution in [0.1, 0.15) is 64.7 Å². The Morgan fingerprint density at radius 2 is 1.93 bits per heavy atom. The highest BCUT2D eigenvalue weighted by molar-refractivity contribution is 5.96. The van der Waals surface area contributed by atoms with E-state index in [1.165, 1.54) is 6.07 Å². The topological polar surface area (TPSA) is 101 Å². The van der Waals surface area contributed by atoms with Crippen molar-refractivity contribution >= 4 is 5.91 Å². The van der Waals surface area contributed by atoms with E-state index in [0.29, 0.717) is 35.0 Å². The van der Waals surface area contributed by atoms with Crippen molar-refractivity contribution in [3.63, 3.8) is 0 Å². The number of aromatic nitrogens is 3. The molecule has 0 saturated carbocycles. The van der Waals surface area contributed by atoms with Crippen LogP contribution in [0.4, 0.5) is 0 Å². The van der Waals surface area contributed by atoms with E-state index < -0.39 is 0 Å². The average Bonchev–Trinajstić information content (AvgIpc) is 2.99. The van der Waals surface area contributed by atoms with Gasteiger partial charge >= 0.3 is 0 Å². The molecule has 2 aromatic heterocycles. The zero-order chi connectivity index (χ0) is 20.3. The molecular weight excluding hydrogens is 356 g/mol. The third-order valence-electron chi connectivity index (χ3n) is 4.54. The molecule has 0 aliphatic carbocycles. The minimum Gasteiger partial charge on any atom is -0.361 e. The third kappa shape index (κ3) is 4.36. The number of H-pyrrole nitrogens is 1. The summed E-state index contributed by atoms with van der Waals surface area (Å²) in [6.45, 7) is 7.38. The van der Waals surface area contributed by atoms with E-state index >= 15 is 0 Å². The minimum atomic E-state index is -0.350. The van der Waals surface area contributed by atoms with Gasteiger partial charge in [0.15, 0.2) is 0 Å². The largest absolute Gasteiger partial charge is 0.361 e. The number of carbonyl (C=O) groups is 1. The summed E-state index contributed by atoms with van der Waals surface area (Å²) < 4.78 is 5.11. The zero-order valence-corrected chi connectivity index (χ0v) is 16.4. The van der Waals surface area contributed by atoms with E-state index in [1.54, 1.807) is 13.8 Å². The second-order valence-corrected chi connectivity index (χ2v) is 7.12. The Morgan fingerprint density at radius 3 is 2.54 bits per heavy atom. The highest BCUT2D eigenvalue weighted by Gasteiger charge is 2.22. The van der Waals surface area contributed by atoms with Crippen molar-refractivity contribution in [2.24, 2.45) is 0 Å². The summed E-state index contributed by atoms with van der Waals surface area (Å²) in [4.78, 5) is 32.2. The van der Waals surface area contributed by atoms with Crippen LogP contribution in [0.5, 0.6) is 0 Å². The molecule has 1 atom stereocenters. The van der Waals surface area contributed by atoms with Gasteiger partial charge < -0.3 is 14.8 Å². The van der Waals surface area contributed by atoms with Crippen molar-refractivity contribution in [1.29, 1.82) is 0 Å². The summed E-state index contributed by atoms with van der Waals surface area (Å²) in [5.74, 6) is 0.934. The fourth-order valence-corrected chi connectivity index (χ4v) is 3.09. The van der Waals surface area contributed by atoms with Crippen LogP contribution in [-0.4, -0.2) is 21.0 Å². The normalized spacial score (nSPS) is 12.2. The van der Waals surface area contributed by atoms with Gasteiger partial charge in [-0.15, -0.1) is 0 Å². The summed E-state index contributed by atoms with van der Waals surface area (Å²) in [5, 5.41) is 6.89. The van der Waals surface area contributed by atoms with Crippen molar-refractivity contribution in [1.82, 2.24) is 20.4 Å². The summed E-state index contributed by atoms with van der Waals surface area (Å²) in [6, 6.07) is 10.7. The van der Waals surface area contributed by atoms with E-state index in [0.717, 1.165) is 5.56 Å². The van der Waals surface area contributed by atoms with Crippen LogP contribution in [0.15, 0.2) is 45.7 Å². The van der Waals surface area contributed by atoms with Crippen LogP contribution in [0.25, 0.3) is 0 Å². The fourth-order valence-electron chi connectivity index (χ4n) is 3.09. The Hall–Kier alpha value is -3.22. The molecule has 1 amide bonds. The quantitative estimate of drug-likeness (QED) is 0.684. The maximum absolute atomic E-state index is 12.9. The fraction of sp³-hybridized carbons (Fsp3) is 0.333. The SMILES string of the molecule is Cc1noc(C)c1C(=O)N[C@H](Cc1cc(=O)[nH]c(C(C)C)n1)c1ccccc1. The Labute approximate surface area is 163 Å². The van der Waals surface area contributed by atoms with Crippen LogP contribution < -0.4 is 10.9 Å². The van der Waals surface area contributed by atoms with Gasteiger partial charge in [-0.2, -0.15) is 0 Å². The van der Waals surface area contributed by atoms with Crippen LogP contribution >= 0.6 is 0 Å². The van der Waals surface area contributed by atoms with E-state index in [9.17, 15) is 9.59 Å². The van der Waals surface area contributed by atoms with E-state index in [2.05, 4.69) is 20.4 Å². The first-order chi connectivity index (χ1) is 13.3. The van der Waals surface area contributed by atoms with Gasteiger partial charge in [0, 0.05) is 18.4 Å². The predicted molar refractivity (Wildman–Crippen MR) is 105 cm³/mol. The molecule has 3 aromatic rings. The lowest BCUT2D eigenvalue weighted by molar-refractivity contribution is 0.0934. The molecular formula is C21H24N4O3. The van der Waals surface area contributed by atoms with Gasteiger partial charge in [-0.05, 0) is 19.4 Å². The zero-order valence-electron chi connectivity index (χ0n) is 16.4. The maximum atomic E-state index is 12.9. The Bertz CT molecular complexity index is 1000. The number of rotatable bonds is 6. The third-order valence-corrected chi connectivity index (χ3v) is 4.54. The van der Waals surface area contributed by atoms with Crippen molar-refractivity contribution in [2.75, 3.05) is 0 Å². The number of nitrogens with zero attached hydrogens (tertiary/aromatic N) is 2. The lowest BCUT2D eigenvalue weighted by Gasteiger charge is -2.19. The lowest BCUT2D eigenvalue weighted by atomic mass is 10.0. The van der Waals surface area contributed by atoms with Gasteiger partial charge in [-0.25, -0.2) is 4.98 Å². The molecule has 0 aliphatic rings. The molecule has 2 heterocycles. The molecule has 0 spiro atoms. The molecule has 2 N–H and O–H groups in total. The lowest BCUT2D eigenvalue weighted by Crippen LogP contribution is -2.31. The Balaban J connectivity index is 1.93. The van der Waals surface area contributed by atoms with Gasteiger partial charge in [0.25, 0.3) is 11.5 Å². The molecule has 1 aromatic carbocycles. The van der Waals surface area contributed by atoms with Gasteiger partial charge in [-0.3, -0.25) is 9.59 Å². The summed E-state index contributed by atoms with van der Waals surface area (Å²) in [6.07, 6.45) is 0.392. The van der Waals surface area contributed by atoms with Crippen LogP contribution in [0.2, 0.25) is 0 Å². The summed E-state index contributed by atoms with van der Waals surface area (Å²) >= 11 is 0. The number of hydrogen-bond acceptors (Lipinski definition) is 5. The van der Waals surface area contributed by atoms with Gasteiger partial charge in [-0.1, -0.05) is 49.3 Å². The molecule has 0 aliphatic heterocycles. The van der Waals surface area contributed by atoms with Gasteiger partial charge in [0.1, 0.15) is 17.1 Å². The number of nitrogens with one attached hydrogen (secondary N) is 2. The van der Waals surface area contributed by atoms with Crippen molar-refractivity contribution < 1.29 is 9.32 Å². The molecule has 0 unspecified atom stereocenters. The van der Waals surface area contributed by atoms with Crippen LogP contribution in [0, 0.1) is 13.8 Å². The molecule has 3 rings (SSSR count). The summed E-state index contributed by atoms with van der Waals surface area (Å²) in [7, 11) is 0. The first-order valence-electron chi connectivity index (χ1n) is 9.24. The number of amides is 1. The van der Waals surface area contributed by atoms with Gasteiger partial charge in [0.05, 0.1) is 17.4 Å². The highest BCUT2D eigenvalue weighted by atomic mass is 16.5. The number of aryl methyl sites for hydroxylation is 2. The van der Waals surface area contributed by atoms with Crippen LogP contribution in [-0.2, 0) is 6.42 Å². The first kappa shape index (κ1) is 19.5. The molecule has 7 heteroatoms. The summed E-state index contributed by atoms with van der Waals surface area (Å²) in [5.41, 5.74) is 2.33. The molecule has 7 nitrogen and oxygen atoms in total. The second-order valence-electron chi connectivity index (χ2n) is 7.12. The van der Waals surface area contributed by atoms with E-state index in [4.69, 9.17) is 4.52 Å². The van der Waals surface area contributed by atoms with E-state index in [-0.39, 0.29) is 23.4 Å². The smallest absolute Gasteiger partial charge is 0.257 e. The maximum Gasteiger partial charge on any atom is 0.257 e. The highest BCUT2D eigenvalue weighted by Crippen LogP contribution is 2.20. The average molecular weight is 380 g/mol. The van der Waals surface area contributed by atoms with Crippen LogP contribution in [0.3, 0.4) is 0 Å². The molecule has 146 valence electrons. The molecule has 0 saturated heterocycles. The van der Waals surface area contributed by atoms with Crippen molar-refractivity contribution in [3.8, 4) is 0 Å². The van der Waals surface area contributed by atoms with Gasteiger partial charge in [0.2, 0.25) is 0 Å². The first-order valence-corrected chi connectivity index (χ1v) is 9.24. The Morgan fingerprint density at radius 1 is 1.21 bits per heavy atom. The number of carbonyl (C=O) groups excluding carboxylic acids is 1. The monoisotopic (exact) mass is 380 g/mol. The molecule has 0 bridgehead atoms. The Kier molecular flexibility index (Phi) is 5.73. The number of benzene rings is 1. The molecule has 0 radical (unpaired) electrons. The number of aromatic amines is 1. The molecule has 0 fully saturated rings. The number of hydrogen-bond donors (Lipinski definition) is 2. The molecule has 28 heavy (non-hydrogen) atoms. The minimum absolute atomic E-state index is 0.0970. The van der Waals surface area contributed by atoms with Crippen molar-refractivity contribution in [3.05, 3.63) is 80.9 Å².